The van der Waals surface area contributed by atoms with E-state index >= 15 is 0 Å². The maximum Gasteiger partial charge on any atom is 0.276 e. The molecule has 2 aromatic heterocycles. The lowest BCUT2D eigenvalue weighted by Gasteiger charge is -2.31. The zero-order valence-corrected chi connectivity index (χ0v) is 15.5. The Labute approximate surface area is 161 Å². The fourth-order valence-corrected chi connectivity index (χ4v) is 3.54. The number of nitrogens with zero attached hydrogens (tertiary/aromatic N) is 3. The van der Waals surface area contributed by atoms with Crippen molar-refractivity contribution in [3.05, 3.63) is 59.2 Å². The number of oxazole rings is 1. The van der Waals surface area contributed by atoms with Gasteiger partial charge in [0.2, 0.25) is 5.89 Å². The lowest BCUT2D eigenvalue weighted by atomic mass is 9.94. The second kappa shape index (κ2) is 7.30. The predicted molar refractivity (Wildman–Crippen MR) is 102 cm³/mol. The molecule has 8 heteroatoms. The number of nitrogens with two attached hydrogens (primary N) is 1. The summed E-state index contributed by atoms with van der Waals surface area (Å²) < 4.78 is 5.73. The molecule has 4 rings (SSSR count). The van der Waals surface area contributed by atoms with Gasteiger partial charge in [-0.25, -0.2) is 4.98 Å². The third-order valence-electron chi connectivity index (χ3n) is 5.02. The molecular formula is C20H21N5O3. The highest BCUT2D eigenvalue weighted by molar-refractivity contribution is 5.94. The van der Waals surface area contributed by atoms with Crippen molar-refractivity contribution < 1.29 is 14.0 Å². The fraction of sp³-hybridized carbons (Fsp3) is 0.300. The van der Waals surface area contributed by atoms with E-state index in [9.17, 15) is 9.59 Å². The van der Waals surface area contributed by atoms with Crippen LogP contribution in [0.5, 0.6) is 0 Å². The van der Waals surface area contributed by atoms with Crippen LogP contribution < -0.4 is 5.73 Å². The first kappa shape index (κ1) is 18.0. The lowest BCUT2D eigenvalue weighted by Crippen LogP contribution is -2.39. The molecule has 28 heavy (non-hydrogen) atoms. The van der Waals surface area contributed by atoms with E-state index in [-0.39, 0.29) is 17.5 Å². The third-order valence-corrected chi connectivity index (χ3v) is 5.02. The molecule has 1 saturated heterocycles. The Balaban J connectivity index is 1.53. The molecule has 0 aliphatic carbocycles. The minimum Gasteiger partial charge on any atom is -0.441 e. The van der Waals surface area contributed by atoms with E-state index < -0.39 is 5.91 Å². The van der Waals surface area contributed by atoms with Gasteiger partial charge in [-0.2, -0.15) is 5.10 Å². The van der Waals surface area contributed by atoms with E-state index in [1.54, 1.807) is 17.9 Å². The first-order valence-corrected chi connectivity index (χ1v) is 9.20. The molecule has 3 aromatic rings. The standard InChI is InChI=1S/C20H21N5O3/c1-12-17(22-19(28-12)13-6-3-2-4-7-13)20(27)25-9-5-8-14(11-25)15-10-16(18(21)26)24-23-15/h2-4,6-7,10,14H,5,8-9,11H2,1H3,(H2,21,26)(H,23,24)/t14-/m0/s1. The number of aromatic nitrogens is 3. The molecule has 1 fully saturated rings. The van der Waals surface area contributed by atoms with Crippen molar-refractivity contribution in [1.29, 1.82) is 0 Å². The molecule has 0 radical (unpaired) electrons. The van der Waals surface area contributed by atoms with Gasteiger partial charge in [0, 0.05) is 30.3 Å². The van der Waals surface area contributed by atoms with Crippen molar-refractivity contribution in [3.8, 4) is 11.5 Å². The SMILES string of the molecule is Cc1oc(-c2ccccc2)nc1C(=O)N1CCC[C@H](c2cc(C(N)=O)n[nH]2)C1. The number of nitrogens with one attached hydrogen (secondary N) is 1. The average molecular weight is 379 g/mol. The normalized spacial score (nSPS) is 16.9. The quantitative estimate of drug-likeness (QED) is 0.722. The first-order valence-electron chi connectivity index (χ1n) is 9.20. The van der Waals surface area contributed by atoms with E-state index in [0.29, 0.717) is 30.4 Å². The van der Waals surface area contributed by atoms with Crippen molar-refractivity contribution in [1.82, 2.24) is 20.1 Å². The number of primary amides is 1. The Kier molecular flexibility index (Phi) is 4.68. The maximum absolute atomic E-state index is 13.1. The van der Waals surface area contributed by atoms with Gasteiger partial charge in [-0.15, -0.1) is 0 Å². The van der Waals surface area contributed by atoms with Crippen LogP contribution in [0.25, 0.3) is 11.5 Å². The van der Waals surface area contributed by atoms with Gasteiger partial charge in [0.15, 0.2) is 5.69 Å². The molecular weight excluding hydrogens is 358 g/mol. The molecule has 1 aliphatic heterocycles. The van der Waals surface area contributed by atoms with Crippen LogP contribution in [-0.2, 0) is 0 Å². The summed E-state index contributed by atoms with van der Waals surface area (Å²) in [5.74, 6) is 0.290. The van der Waals surface area contributed by atoms with Gasteiger partial charge in [0.05, 0.1) is 0 Å². The first-order chi connectivity index (χ1) is 13.5. The number of carbonyl (C=O) groups excluding carboxylic acids is 2. The number of hydrogen-bond donors (Lipinski definition) is 2. The molecule has 1 atom stereocenters. The van der Waals surface area contributed by atoms with E-state index in [4.69, 9.17) is 10.2 Å². The maximum atomic E-state index is 13.1. The van der Waals surface area contributed by atoms with Crippen LogP contribution in [0.1, 0.15) is 51.2 Å². The van der Waals surface area contributed by atoms with Gasteiger partial charge in [-0.05, 0) is 38.0 Å². The molecule has 0 spiro atoms. The van der Waals surface area contributed by atoms with Crippen LogP contribution >= 0.6 is 0 Å². The van der Waals surface area contributed by atoms with E-state index in [1.807, 2.05) is 30.3 Å². The van der Waals surface area contributed by atoms with Crippen molar-refractivity contribution in [2.75, 3.05) is 13.1 Å². The summed E-state index contributed by atoms with van der Waals surface area (Å²) in [6, 6.07) is 11.2. The van der Waals surface area contributed by atoms with Crippen LogP contribution in [0.2, 0.25) is 0 Å². The predicted octanol–water partition coefficient (Wildman–Crippen LogP) is 2.49. The van der Waals surface area contributed by atoms with Gasteiger partial charge in [-0.3, -0.25) is 14.7 Å². The van der Waals surface area contributed by atoms with Crippen LogP contribution in [0.3, 0.4) is 0 Å². The summed E-state index contributed by atoms with van der Waals surface area (Å²) in [6.07, 6.45) is 1.75. The molecule has 1 aliphatic rings. The Morgan fingerprint density at radius 3 is 2.79 bits per heavy atom. The topological polar surface area (TPSA) is 118 Å². The van der Waals surface area contributed by atoms with Crippen LogP contribution in [0.4, 0.5) is 0 Å². The molecule has 1 aromatic carbocycles. The zero-order valence-electron chi connectivity index (χ0n) is 15.5. The molecule has 0 unspecified atom stereocenters. The number of aromatic amines is 1. The fourth-order valence-electron chi connectivity index (χ4n) is 3.54. The Hall–Kier alpha value is -3.42. The van der Waals surface area contributed by atoms with Crippen LogP contribution in [0.15, 0.2) is 40.8 Å². The Morgan fingerprint density at radius 2 is 2.07 bits per heavy atom. The summed E-state index contributed by atoms with van der Waals surface area (Å²) in [5.41, 5.74) is 7.46. The van der Waals surface area contributed by atoms with Crippen LogP contribution in [0, 0.1) is 6.92 Å². The molecule has 2 amide bonds. The average Bonchev–Trinajstić information content (AvgIpc) is 3.36. The van der Waals surface area contributed by atoms with E-state index in [2.05, 4.69) is 15.2 Å². The summed E-state index contributed by atoms with van der Waals surface area (Å²) in [5, 5.41) is 6.81. The molecule has 3 heterocycles. The highest BCUT2D eigenvalue weighted by Gasteiger charge is 2.30. The van der Waals surface area contributed by atoms with E-state index in [1.165, 1.54) is 0 Å². The summed E-state index contributed by atoms with van der Waals surface area (Å²) >= 11 is 0. The number of amides is 2. The molecule has 0 saturated carbocycles. The van der Waals surface area contributed by atoms with E-state index in [0.717, 1.165) is 24.1 Å². The van der Waals surface area contributed by atoms with Crippen molar-refractivity contribution in [2.24, 2.45) is 5.73 Å². The van der Waals surface area contributed by atoms with Gasteiger partial charge in [0.25, 0.3) is 11.8 Å². The lowest BCUT2D eigenvalue weighted by molar-refractivity contribution is 0.0698. The number of hydrogen-bond acceptors (Lipinski definition) is 5. The van der Waals surface area contributed by atoms with Crippen molar-refractivity contribution in [2.45, 2.75) is 25.7 Å². The Bertz CT molecular complexity index is 1010. The smallest absolute Gasteiger partial charge is 0.276 e. The summed E-state index contributed by atoms with van der Waals surface area (Å²) in [6.45, 7) is 2.92. The second-order valence-electron chi connectivity index (χ2n) is 6.95. The van der Waals surface area contributed by atoms with Gasteiger partial charge in [0.1, 0.15) is 11.5 Å². The number of H-pyrrole nitrogens is 1. The number of likely N-dealkylation sites (tertiary alicyclic amines) is 1. The number of benzene rings is 1. The summed E-state index contributed by atoms with van der Waals surface area (Å²) in [7, 11) is 0. The zero-order chi connectivity index (χ0) is 19.7. The number of aryl methyl sites for hydroxylation is 1. The summed E-state index contributed by atoms with van der Waals surface area (Å²) in [4.78, 5) is 30.5. The van der Waals surface area contributed by atoms with Crippen molar-refractivity contribution in [3.63, 3.8) is 0 Å². The number of piperidine rings is 1. The minimum atomic E-state index is -0.571. The number of carbonyl (C=O) groups is 2. The second-order valence-corrected chi connectivity index (χ2v) is 6.95. The van der Waals surface area contributed by atoms with Crippen LogP contribution in [-0.4, -0.2) is 45.0 Å². The monoisotopic (exact) mass is 379 g/mol. The largest absolute Gasteiger partial charge is 0.441 e. The number of rotatable bonds is 4. The minimum absolute atomic E-state index is 0.0686. The van der Waals surface area contributed by atoms with Crippen molar-refractivity contribution >= 4 is 11.8 Å². The molecule has 3 N–H and O–H groups in total. The highest BCUT2D eigenvalue weighted by Crippen LogP contribution is 2.28. The van der Waals surface area contributed by atoms with Gasteiger partial charge < -0.3 is 15.1 Å². The molecule has 0 bridgehead atoms. The Morgan fingerprint density at radius 1 is 1.29 bits per heavy atom. The van der Waals surface area contributed by atoms with Gasteiger partial charge >= 0.3 is 0 Å². The highest BCUT2D eigenvalue weighted by atomic mass is 16.4. The van der Waals surface area contributed by atoms with Gasteiger partial charge in [-0.1, -0.05) is 18.2 Å². The molecule has 144 valence electrons. The molecule has 8 nitrogen and oxygen atoms in total. The third kappa shape index (κ3) is 3.40.